The molecule has 0 bridgehead atoms. The summed E-state index contributed by atoms with van der Waals surface area (Å²) < 4.78 is 10.1. The lowest BCUT2D eigenvalue weighted by molar-refractivity contribution is 0.312. The van der Waals surface area contributed by atoms with E-state index in [1.165, 1.54) is 6.07 Å². The second-order valence-corrected chi connectivity index (χ2v) is 3.41. The highest BCUT2D eigenvalue weighted by atomic mass is 79.9. The van der Waals surface area contributed by atoms with E-state index in [4.69, 9.17) is 9.15 Å². The van der Waals surface area contributed by atoms with Crippen LogP contribution in [-0.2, 0) is 0 Å². The van der Waals surface area contributed by atoms with Crippen molar-refractivity contribution in [2.24, 2.45) is 0 Å². The van der Waals surface area contributed by atoms with Crippen molar-refractivity contribution in [2.45, 2.75) is 13.3 Å². The number of rotatable bonds is 4. The molecule has 0 aliphatic carbocycles. The van der Waals surface area contributed by atoms with Gasteiger partial charge in [0, 0.05) is 11.4 Å². The molecule has 0 aliphatic rings. The van der Waals surface area contributed by atoms with Crippen molar-refractivity contribution in [3.63, 3.8) is 0 Å². The summed E-state index contributed by atoms with van der Waals surface area (Å²) in [5.74, 6) is 1.15. The lowest BCUT2D eigenvalue weighted by atomic mass is 10.4. The van der Waals surface area contributed by atoms with Gasteiger partial charge >= 0.3 is 5.63 Å². The van der Waals surface area contributed by atoms with Crippen molar-refractivity contribution < 1.29 is 9.15 Å². The molecule has 1 heterocycles. The monoisotopic (exact) mass is 246 g/mol. The van der Waals surface area contributed by atoms with E-state index in [9.17, 15) is 4.79 Å². The van der Waals surface area contributed by atoms with Gasteiger partial charge < -0.3 is 9.15 Å². The Kier molecular flexibility index (Phi) is 4.02. The van der Waals surface area contributed by atoms with Crippen LogP contribution in [0.25, 0.3) is 0 Å². The van der Waals surface area contributed by atoms with Gasteiger partial charge in [-0.25, -0.2) is 4.79 Å². The Labute approximate surface area is 84.8 Å². The zero-order valence-electron chi connectivity index (χ0n) is 7.38. The predicted molar refractivity (Wildman–Crippen MR) is 53.6 cm³/mol. The van der Waals surface area contributed by atoms with E-state index in [0.717, 1.165) is 11.8 Å². The minimum atomic E-state index is -0.367. The molecule has 1 aromatic heterocycles. The van der Waals surface area contributed by atoms with Gasteiger partial charge in [0.1, 0.15) is 11.5 Å². The second-order valence-electron chi connectivity index (χ2n) is 2.61. The summed E-state index contributed by atoms with van der Waals surface area (Å²) in [7, 11) is 0. The van der Waals surface area contributed by atoms with Gasteiger partial charge in [0.05, 0.1) is 12.7 Å². The molecular formula is C9H11BrO3. The van der Waals surface area contributed by atoms with Crippen LogP contribution in [-0.4, -0.2) is 11.9 Å². The van der Waals surface area contributed by atoms with E-state index in [2.05, 4.69) is 15.9 Å². The van der Waals surface area contributed by atoms with Gasteiger partial charge in [-0.3, -0.25) is 0 Å². The van der Waals surface area contributed by atoms with Crippen molar-refractivity contribution in [1.29, 1.82) is 0 Å². The number of halogens is 1. The van der Waals surface area contributed by atoms with Gasteiger partial charge in [-0.05, 0) is 13.3 Å². The van der Waals surface area contributed by atoms with Crippen LogP contribution in [0.1, 0.15) is 12.2 Å². The molecular weight excluding hydrogens is 236 g/mol. The summed E-state index contributed by atoms with van der Waals surface area (Å²) in [6, 6.07) is 3.05. The Morgan fingerprint density at radius 3 is 2.92 bits per heavy atom. The smallest absolute Gasteiger partial charge is 0.339 e. The lowest BCUT2D eigenvalue weighted by Crippen LogP contribution is -2.03. The Bertz CT molecular complexity index is 319. The lowest BCUT2D eigenvalue weighted by Gasteiger charge is -2.03. The molecule has 1 rings (SSSR count). The molecule has 72 valence electrons. The third kappa shape index (κ3) is 3.63. The van der Waals surface area contributed by atoms with E-state index in [-0.39, 0.29) is 5.63 Å². The largest absolute Gasteiger partial charge is 0.493 e. The summed E-state index contributed by atoms with van der Waals surface area (Å²) in [5, 5.41) is 0.896. The van der Waals surface area contributed by atoms with Crippen molar-refractivity contribution in [2.75, 3.05) is 11.9 Å². The molecule has 0 N–H and O–H groups in total. The molecule has 0 spiro atoms. The van der Waals surface area contributed by atoms with E-state index >= 15 is 0 Å². The third-order valence-electron chi connectivity index (χ3n) is 1.41. The van der Waals surface area contributed by atoms with Crippen LogP contribution >= 0.6 is 15.9 Å². The number of alkyl halides is 1. The van der Waals surface area contributed by atoms with Crippen LogP contribution in [0.4, 0.5) is 0 Å². The molecule has 3 nitrogen and oxygen atoms in total. The van der Waals surface area contributed by atoms with Crippen LogP contribution in [0.3, 0.4) is 0 Å². The fourth-order valence-electron chi connectivity index (χ4n) is 0.904. The number of hydrogen-bond donors (Lipinski definition) is 0. The molecule has 0 fully saturated rings. The summed E-state index contributed by atoms with van der Waals surface area (Å²) in [4.78, 5) is 10.9. The standard InChI is InChI=1S/C9H11BrO3/c1-7-5-8(6-9(11)13-7)12-4-2-3-10/h5-6H,2-4H2,1H3. The van der Waals surface area contributed by atoms with Gasteiger partial charge in [-0.2, -0.15) is 0 Å². The molecule has 0 unspecified atom stereocenters. The van der Waals surface area contributed by atoms with E-state index < -0.39 is 0 Å². The maximum Gasteiger partial charge on any atom is 0.339 e. The molecule has 0 atom stereocenters. The molecule has 0 amide bonds. The third-order valence-corrected chi connectivity index (χ3v) is 1.97. The Hall–Kier alpha value is -0.770. The van der Waals surface area contributed by atoms with Crippen molar-refractivity contribution in [3.05, 3.63) is 28.3 Å². The quantitative estimate of drug-likeness (QED) is 0.604. The van der Waals surface area contributed by atoms with Crippen LogP contribution < -0.4 is 10.4 Å². The highest BCUT2D eigenvalue weighted by molar-refractivity contribution is 9.09. The van der Waals surface area contributed by atoms with Gasteiger partial charge in [-0.15, -0.1) is 0 Å². The molecule has 4 heteroatoms. The molecule has 0 radical (unpaired) electrons. The van der Waals surface area contributed by atoms with Gasteiger partial charge in [0.25, 0.3) is 0 Å². The van der Waals surface area contributed by atoms with Gasteiger partial charge in [-0.1, -0.05) is 15.9 Å². The van der Waals surface area contributed by atoms with Gasteiger partial charge in [0.2, 0.25) is 0 Å². The molecule has 0 aliphatic heterocycles. The van der Waals surface area contributed by atoms with Crippen LogP contribution in [0, 0.1) is 6.92 Å². The number of ether oxygens (including phenoxy) is 1. The topological polar surface area (TPSA) is 39.4 Å². The van der Waals surface area contributed by atoms with Crippen molar-refractivity contribution in [3.8, 4) is 5.75 Å². The predicted octanol–water partition coefficient (Wildman–Crippen LogP) is 2.11. The van der Waals surface area contributed by atoms with Crippen LogP contribution in [0.15, 0.2) is 21.3 Å². The first-order valence-electron chi connectivity index (χ1n) is 4.03. The summed E-state index contributed by atoms with van der Waals surface area (Å²) in [6.45, 7) is 2.33. The Balaban J connectivity index is 2.61. The van der Waals surface area contributed by atoms with E-state index in [1.54, 1.807) is 13.0 Å². The normalized spacial score (nSPS) is 10.0. The molecule has 0 saturated heterocycles. The zero-order valence-corrected chi connectivity index (χ0v) is 8.96. The fourth-order valence-corrected chi connectivity index (χ4v) is 1.13. The first kappa shape index (κ1) is 10.3. The molecule has 1 aromatic rings. The first-order valence-corrected chi connectivity index (χ1v) is 5.15. The number of aryl methyl sites for hydroxylation is 1. The van der Waals surface area contributed by atoms with Crippen LogP contribution in [0.5, 0.6) is 5.75 Å². The minimum absolute atomic E-state index is 0.367. The molecule has 0 aromatic carbocycles. The highest BCUT2D eigenvalue weighted by Crippen LogP contribution is 2.09. The average Bonchev–Trinajstić information content (AvgIpc) is 2.03. The summed E-state index contributed by atoms with van der Waals surface area (Å²) in [6.07, 6.45) is 0.916. The second kappa shape index (κ2) is 5.07. The maximum absolute atomic E-state index is 10.9. The maximum atomic E-state index is 10.9. The van der Waals surface area contributed by atoms with Crippen LogP contribution in [0.2, 0.25) is 0 Å². The highest BCUT2D eigenvalue weighted by Gasteiger charge is 1.98. The molecule has 0 saturated carbocycles. The Morgan fingerprint density at radius 1 is 1.54 bits per heavy atom. The SMILES string of the molecule is Cc1cc(OCCCBr)cc(=O)o1. The summed E-state index contributed by atoms with van der Waals surface area (Å²) in [5.41, 5.74) is -0.367. The van der Waals surface area contributed by atoms with Crippen molar-refractivity contribution >= 4 is 15.9 Å². The summed E-state index contributed by atoms with van der Waals surface area (Å²) >= 11 is 3.29. The van der Waals surface area contributed by atoms with E-state index in [0.29, 0.717) is 18.1 Å². The van der Waals surface area contributed by atoms with E-state index in [1.807, 2.05) is 0 Å². The minimum Gasteiger partial charge on any atom is -0.493 e. The molecule has 13 heavy (non-hydrogen) atoms. The Morgan fingerprint density at radius 2 is 2.31 bits per heavy atom. The fraction of sp³-hybridized carbons (Fsp3) is 0.444. The zero-order chi connectivity index (χ0) is 9.68. The first-order chi connectivity index (χ1) is 6.22. The number of hydrogen-bond acceptors (Lipinski definition) is 3. The average molecular weight is 247 g/mol. The van der Waals surface area contributed by atoms with Gasteiger partial charge in [0.15, 0.2) is 0 Å². The van der Waals surface area contributed by atoms with Crippen molar-refractivity contribution in [1.82, 2.24) is 0 Å².